The van der Waals surface area contributed by atoms with Crippen molar-refractivity contribution in [1.82, 2.24) is 0 Å². The van der Waals surface area contributed by atoms with E-state index in [0.717, 1.165) is 4.90 Å². The molecule has 2 rings (SSSR count). The van der Waals surface area contributed by atoms with Crippen molar-refractivity contribution in [2.75, 3.05) is 17.2 Å². The van der Waals surface area contributed by atoms with E-state index in [9.17, 15) is 18.0 Å². The van der Waals surface area contributed by atoms with Gasteiger partial charge >= 0.3 is 0 Å². The van der Waals surface area contributed by atoms with Crippen LogP contribution >= 0.6 is 0 Å². The molecule has 6 nitrogen and oxygen atoms in total. The van der Waals surface area contributed by atoms with Crippen molar-refractivity contribution in [3.05, 3.63) is 23.8 Å². The van der Waals surface area contributed by atoms with Gasteiger partial charge in [0.25, 0.3) is 0 Å². The maximum absolute atomic E-state index is 12.0. The molecule has 0 saturated heterocycles. The van der Waals surface area contributed by atoms with Gasteiger partial charge in [-0.25, -0.2) is 8.42 Å². The molecule has 0 atom stereocenters. The van der Waals surface area contributed by atoms with Gasteiger partial charge in [-0.15, -0.1) is 0 Å². The molecule has 1 amide bonds. The van der Waals surface area contributed by atoms with Crippen LogP contribution in [0, 0.1) is 11.3 Å². The molecule has 0 N–H and O–H groups in total. The van der Waals surface area contributed by atoms with Crippen molar-refractivity contribution in [2.24, 2.45) is 0 Å². The average Bonchev–Trinajstić information content (AvgIpc) is 2.41. The number of benzene rings is 1. The molecule has 1 aliphatic heterocycles. The molecule has 0 bridgehead atoms. The van der Waals surface area contributed by atoms with Crippen LogP contribution in [0.4, 0.5) is 5.69 Å². The molecule has 0 fully saturated rings. The fraction of sp³-hybridized carbons (Fsp3) is 0.308. The summed E-state index contributed by atoms with van der Waals surface area (Å²) in [7, 11) is -3.70. The summed E-state index contributed by atoms with van der Waals surface area (Å²) in [4.78, 5) is 24.6. The molecule has 0 radical (unpaired) electrons. The molecule has 1 aromatic rings. The molecular weight excluding hydrogens is 280 g/mol. The summed E-state index contributed by atoms with van der Waals surface area (Å²) in [6.07, 6.45) is 0.276. The number of Topliss-reactive ketones (excluding diaryl/α,β-unsaturated/α-hetero) is 1. The van der Waals surface area contributed by atoms with E-state index in [-0.39, 0.29) is 29.3 Å². The highest BCUT2D eigenvalue weighted by Crippen LogP contribution is 2.32. The number of nitriles is 1. The first-order valence-corrected chi connectivity index (χ1v) is 7.63. The van der Waals surface area contributed by atoms with Gasteiger partial charge in [-0.1, -0.05) is 6.92 Å². The second-order valence-corrected chi connectivity index (χ2v) is 6.31. The van der Waals surface area contributed by atoms with E-state index in [1.54, 1.807) is 6.92 Å². The normalized spacial score (nSPS) is 16.4. The average molecular weight is 292 g/mol. The highest BCUT2D eigenvalue weighted by molar-refractivity contribution is 7.92. The van der Waals surface area contributed by atoms with Crippen molar-refractivity contribution in [1.29, 1.82) is 5.26 Å². The zero-order valence-corrected chi connectivity index (χ0v) is 11.6. The van der Waals surface area contributed by atoms with Gasteiger partial charge in [0.05, 0.1) is 16.7 Å². The number of ketones is 1. The fourth-order valence-corrected chi connectivity index (χ4v) is 3.47. The lowest BCUT2D eigenvalue weighted by molar-refractivity contribution is -0.116. The quantitative estimate of drug-likeness (QED) is 0.610. The monoisotopic (exact) mass is 292 g/mol. The Balaban J connectivity index is 2.66. The number of carbonyl (C=O) groups excluding carboxylic acids is 2. The number of sulfone groups is 1. The third-order valence-electron chi connectivity index (χ3n) is 3.07. The number of anilines is 1. The van der Waals surface area contributed by atoms with Crippen molar-refractivity contribution >= 4 is 27.2 Å². The number of hydrogen-bond acceptors (Lipinski definition) is 5. The summed E-state index contributed by atoms with van der Waals surface area (Å²) in [5.74, 6) is -1.46. The van der Waals surface area contributed by atoms with Gasteiger partial charge in [-0.2, -0.15) is 5.26 Å². The van der Waals surface area contributed by atoms with Crippen LogP contribution in [0.5, 0.6) is 0 Å². The maximum atomic E-state index is 12.0. The number of fused-ring (bicyclic) bond motifs is 1. The highest BCUT2D eigenvalue weighted by atomic mass is 32.2. The lowest BCUT2D eigenvalue weighted by Crippen LogP contribution is -2.41. The minimum atomic E-state index is -3.70. The molecule has 104 valence electrons. The fourth-order valence-electron chi connectivity index (χ4n) is 2.07. The summed E-state index contributed by atoms with van der Waals surface area (Å²) >= 11 is 0. The molecule has 0 spiro atoms. The molecule has 20 heavy (non-hydrogen) atoms. The SMILES string of the molecule is CCC(=O)c1ccc2c(c1)N(CC#N)C(=O)CS2(=O)=O. The summed E-state index contributed by atoms with van der Waals surface area (Å²) < 4.78 is 23.9. The third kappa shape index (κ3) is 2.30. The minimum Gasteiger partial charge on any atom is -0.296 e. The maximum Gasteiger partial charge on any atom is 0.243 e. The topological polar surface area (TPSA) is 95.3 Å². The van der Waals surface area contributed by atoms with Gasteiger partial charge in [0, 0.05) is 12.0 Å². The predicted molar refractivity (Wildman–Crippen MR) is 71.1 cm³/mol. The molecule has 1 aliphatic rings. The van der Waals surface area contributed by atoms with Crippen LogP contribution in [0.1, 0.15) is 23.7 Å². The van der Waals surface area contributed by atoms with Gasteiger partial charge in [0.1, 0.15) is 12.3 Å². The number of hydrogen-bond donors (Lipinski definition) is 0. The van der Waals surface area contributed by atoms with Gasteiger partial charge < -0.3 is 0 Å². The summed E-state index contributed by atoms with van der Waals surface area (Å²) in [6.45, 7) is 1.45. The standard InChI is InChI=1S/C13H12N2O4S/c1-2-11(16)9-3-4-12-10(7-9)15(6-5-14)13(17)8-20(12,18)19/h3-4,7H,2,6,8H2,1H3. The number of rotatable bonds is 3. The first-order chi connectivity index (χ1) is 9.40. The van der Waals surface area contributed by atoms with Crippen LogP contribution in [0.25, 0.3) is 0 Å². The van der Waals surface area contributed by atoms with E-state index in [4.69, 9.17) is 5.26 Å². The molecule has 1 heterocycles. The van der Waals surface area contributed by atoms with E-state index >= 15 is 0 Å². The minimum absolute atomic E-state index is 0.0139. The molecule has 0 unspecified atom stereocenters. The Labute approximate surface area is 116 Å². The Kier molecular flexibility index (Phi) is 3.59. The van der Waals surface area contributed by atoms with Crippen LogP contribution in [-0.4, -0.2) is 32.4 Å². The van der Waals surface area contributed by atoms with Gasteiger partial charge in [0.15, 0.2) is 15.6 Å². The Bertz CT molecular complexity index is 731. The van der Waals surface area contributed by atoms with Crippen molar-refractivity contribution < 1.29 is 18.0 Å². The zero-order chi connectivity index (χ0) is 14.9. The first kappa shape index (κ1) is 14.2. The molecule has 0 aliphatic carbocycles. The number of carbonyl (C=O) groups is 2. The summed E-state index contributed by atoms with van der Waals surface area (Å²) in [5, 5.41) is 8.76. The second-order valence-electron chi connectivity index (χ2n) is 4.36. The van der Waals surface area contributed by atoms with Crippen LogP contribution in [0.15, 0.2) is 23.1 Å². The molecular formula is C13H12N2O4S. The van der Waals surface area contributed by atoms with Gasteiger partial charge in [0.2, 0.25) is 5.91 Å². The molecule has 0 aromatic heterocycles. The van der Waals surface area contributed by atoms with E-state index < -0.39 is 21.5 Å². The van der Waals surface area contributed by atoms with Crippen LogP contribution in [0.3, 0.4) is 0 Å². The Morgan fingerprint density at radius 1 is 1.45 bits per heavy atom. The Morgan fingerprint density at radius 2 is 2.15 bits per heavy atom. The summed E-state index contributed by atoms with van der Waals surface area (Å²) in [5.41, 5.74) is 0.446. The van der Waals surface area contributed by atoms with E-state index in [1.807, 2.05) is 6.07 Å². The number of nitrogens with zero attached hydrogens (tertiary/aromatic N) is 2. The van der Waals surface area contributed by atoms with Crippen molar-refractivity contribution in [2.45, 2.75) is 18.2 Å². The Morgan fingerprint density at radius 3 is 2.75 bits per heavy atom. The summed E-state index contributed by atoms with van der Waals surface area (Å²) in [6, 6.07) is 5.95. The van der Waals surface area contributed by atoms with E-state index in [0.29, 0.717) is 5.56 Å². The Hall–Kier alpha value is -2.20. The van der Waals surface area contributed by atoms with Gasteiger partial charge in [-0.3, -0.25) is 14.5 Å². The zero-order valence-electron chi connectivity index (χ0n) is 10.8. The smallest absolute Gasteiger partial charge is 0.243 e. The van der Waals surface area contributed by atoms with Crippen LogP contribution < -0.4 is 4.90 Å². The molecule has 0 saturated carbocycles. The lowest BCUT2D eigenvalue weighted by Gasteiger charge is -2.27. The number of amides is 1. The second kappa shape index (κ2) is 5.06. The highest BCUT2D eigenvalue weighted by Gasteiger charge is 2.34. The van der Waals surface area contributed by atoms with Gasteiger partial charge in [-0.05, 0) is 18.2 Å². The van der Waals surface area contributed by atoms with E-state index in [2.05, 4.69) is 0 Å². The third-order valence-corrected chi connectivity index (χ3v) is 4.71. The van der Waals surface area contributed by atoms with Crippen LogP contribution in [-0.2, 0) is 14.6 Å². The molecule has 7 heteroatoms. The lowest BCUT2D eigenvalue weighted by atomic mass is 10.1. The van der Waals surface area contributed by atoms with Crippen molar-refractivity contribution in [3.63, 3.8) is 0 Å². The van der Waals surface area contributed by atoms with E-state index in [1.165, 1.54) is 18.2 Å². The van der Waals surface area contributed by atoms with Crippen molar-refractivity contribution in [3.8, 4) is 6.07 Å². The predicted octanol–water partition coefficient (Wildman–Crippen LogP) is 0.923. The molecule has 1 aromatic carbocycles. The largest absolute Gasteiger partial charge is 0.296 e. The first-order valence-electron chi connectivity index (χ1n) is 5.98. The van der Waals surface area contributed by atoms with Crippen LogP contribution in [0.2, 0.25) is 0 Å².